The molecule has 1 aromatic heterocycles. The van der Waals surface area contributed by atoms with E-state index in [-0.39, 0.29) is 12.5 Å². The van der Waals surface area contributed by atoms with Crippen molar-refractivity contribution in [3.8, 4) is 0 Å². The molecule has 1 heterocycles. The molecule has 0 unspecified atom stereocenters. The molecule has 0 fully saturated rings. The Morgan fingerprint density at radius 1 is 1.32 bits per heavy atom. The Bertz CT molecular complexity index is 511. The van der Waals surface area contributed by atoms with Crippen LogP contribution in [0.3, 0.4) is 0 Å². The molecular weight excluding hydrogens is 266 g/mol. The summed E-state index contributed by atoms with van der Waals surface area (Å²) in [6, 6.07) is 6.98. The normalized spacial score (nSPS) is 10.4. The minimum atomic E-state index is -0.0964. The average molecular weight is 280 g/mol. The van der Waals surface area contributed by atoms with Gasteiger partial charge in [-0.2, -0.15) is 0 Å². The number of hydrogen-bond donors (Lipinski definition) is 2. The van der Waals surface area contributed by atoms with Gasteiger partial charge >= 0.3 is 0 Å². The zero-order chi connectivity index (χ0) is 13.5. The molecule has 1 amide bonds. The molecule has 7 heteroatoms. The highest BCUT2D eigenvalue weighted by Gasteiger charge is 2.01. The molecule has 19 heavy (non-hydrogen) atoms. The third kappa shape index (κ3) is 4.69. The van der Waals surface area contributed by atoms with Gasteiger partial charge in [0.25, 0.3) is 0 Å². The maximum Gasteiger partial charge on any atom is 0.238 e. The number of amides is 1. The van der Waals surface area contributed by atoms with Crippen LogP contribution in [-0.4, -0.2) is 34.0 Å². The molecule has 0 aliphatic heterocycles. The van der Waals surface area contributed by atoms with Crippen molar-refractivity contribution in [2.75, 3.05) is 18.4 Å². The monoisotopic (exact) mass is 279 g/mol. The molecule has 100 valence electrons. The van der Waals surface area contributed by atoms with Crippen LogP contribution in [0.25, 0.3) is 0 Å². The van der Waals surface area contributed by atoms with Gasteiger partial charge in [-0.05, 0) is 24.3 Å². The molecule has 0 radical (unpaired) electrons. The number of nitrogens with one attached hydrogen (secondary N) is 2. The number of aromatic nitrogens is 3. The minimum Gasteiger partial charge on any atom is -0.325 e. The number of rotatable bonds is 6. The van der Waals surface area contributed by atoms with Crippen molar-refractivity contribution in [1.82, 2.24) is 20.3 Å². The topological polar surface area (TPSA) is 71.8 Å². The predicted molar refractivity (Wildman–Crippen MR) is 73.0 cm³/mol. The molecule has 2 rings (SSSR count). The largest absolute Gasteiger partial charge is 0.325 e. The number of carbonyl (C=O) groups is 1. The van der Waals surface area contributed by atoms with Crippen molar-refractivity contribution < 1.29 is 4.79 Å². The average Bonchev–Trinajstić information content (AvgIpc) is 2.91. The van der Waals surface area contributed by atoms with Crippen molar-refractivity contribution in [1.29, 1.82) is 0 Å². The molecular formula is C12H14ClN5O. The van der Waals surface area contributed by atoms with Crippen LogP contribution in [0.2, 0.25) is 5.02 Å². The summed E-state index contributed by atoms with van der Waals surface area (Å²) in [6.45, 7) is 1.57. The summed E-state index contributed by atoms with van der Waals surface area (Å²) in [5, 5.41) is 14.0. The van der Waals surface area contributed by atoms with Crippen LogP contribution < -0.4 is 10.6 Å². The van der Waals surface area contributed by atoms with E-state index in [1.165, 1.54) is 0 Å². The molecule has 2 N–H and O–H groups in total. The van der Waals surface area contributed by atoms with Gasteiger partial charge < -0.3 is 10.6 Å². The van der Waals surface area contributed by atoms with Crippen molar-refractivity contribution in [2.24, 2.45) is 0 Å². The van der Waals surface area contributed by atoms with Crippen molar-refractivity contribution in [2.45, 2.75) is 6.54 Å². The number of carbonyl (C=O) groups excluding carboxylic acids is 1. The Morgan fingerprint density at radius 3 is 2.79 bits per heavy atom. The second-order valence-corrected chi connectivity index (χ2v) is 4.33. The number of anilines is 1. The highest BCUT2D eigenvalue weighted by Crippen LogP contribution is 2.12. The lowest BCUT2D eigenvalue weighted by Crippen LogP contribution is -2.30. The van der Waals surface area contributed by atoms with Gasteiger partial charge in [-0.25, -0.2) is 0 Å². The highest BCUT2D eigenvalue weighted by atomic mass is 35.5. The van der Waals surface area contributed by atoms with E-state index in [1.807, 2.05) is 0 Å². The third-order valence-corrected chi connectivity index (χ3v) is 2.66. The highest BCUT2D eigenvalue weighted by molar-refractivity contribution is 6.30. The summed E-state index contributed by atoms with van der Waals surface area (Å²) in [7, 11) is 0. The first-order valence-electron chi connectivity index (χ1n) is 5.84. The Morgan fingerprint density at radius 2 is 2.11 bits per heavy atom. The second kappa shape index (κ2) is 6.86. The number of benzene rings is 1. The Labute approximate surface area is 115 Å². The standard InChI is InChI=1S/C12H14ClN5O/c13-10-1-3-11(4-2-10)16-12(19)9-14-5-7-18-8-6-15-17-18/h1-4,6,8,14H,5,7,9H2,(H,16,19). The van der Waals surface area contributed by atoms with Gasteiger partial charge in [-0.15, -0.1) is 5.10 Å². The van der Waals surface area contributed by atoms with Crippen LogP contribution in [0.5, 0.6) is 0 Å². The minimum absolute atomic E-state index is 0.0964. The van der Waals surface area contributed by atoms with Crippen molar-refractivity contribution in [3.05, 3.63) is 41.7 Å². The fourth-order valence-corrected chi connectivity index (χ4v) is 1.61. The Balaban J connectivity index is 1.65. The smallest absolute Gasteiger partial charge is 0.238 e. The molecule has 2 aromatic rings. The van der Waals surface area contributed by atoms with E-state index in [0.29, 0.717) is 18.1 Å². The van der Waals surface area contributed by atoms with E-state index in [0.717, 1.165) is 5.69 Å². The van der Waals surface area contributed by atoms with Gasteiger partial charge in [0.15, 0.2) is 0 Å². The maximum atomic E-state index is 11.6. The third-order valence-electron chi connectivity index (χ3n) is 2.40. The quantitative estimate of drug-likeness (QED) is 0.779. The van der Waals surface area contributed by atoms with E-state index in [1.54, 1.807) is 41.3 Å². The summed E-state index contributed by atoms with van der Waals surface area (Å²) >= 11 is 5.76. The summed E-state index contributed by atoms with van der Waals surface area (Å²) < 4.78 is 1.70. The van der Waals surface area contributed by atoms with Gasteiger partial charge in [0.2, 0.25) is 5.91 Å². The molecule has 6 nitrogen and oxygen atoms in total. The van der Waals surface area contributed by atoms with Crippen LogP contribution in [-0.2, 0) is 11.3 Å². The SMILES string of the molecule is O=C(CNCCn1ccnn1)Nc1ccc(Cl)cc1. The molecule has 0 aliphatic carbocycles. The summed E-state index contributed by atoms with van der Waals surface area (Å²) in [5.41, 5.74) is 0.729. The predicted octanol–water partition coefficient (Wildman–Crippen LogP) is 1.16. The van der Waals surface area contributed by atoms with Crippen LogP contribution in [0.4, 0.5) is 5.69 Å². The molecule has 0 saturated heterocycles. The van der Waals surface area contributed by atoms with Crippen molar-refractivity contribution in [3.63, 3.8) is 0 Å². The number of hydrogen-bond acceptors (Lipinski definition) is 4. The Hall–Kier alpha value is -1.92. The number of nitrogens with zero attached hydrogens (tertiary/aromatic N) is 3. The lowest BCUT2D eigenvalue weighted by molar-refractivity contribution is -0.115. The fourth-order valence-electron chi connectivity index (χ4n) is 1.49. The molecule has 0 bridgehead atoms. The summed E-state index contributed by atoms with van der Waals surface area (Å²) in [6.07, 6.45) is 3.39. The van der Waals surface area contributed by atoms with Gasteiger partial charge in [-0.1, -0.05) is 16.8 Å². The summed E-state index contributed by atoms with van der Waals surface area (Å²) in [4.78, 5) is 11.6. The van der Waals surface area contributed by atoms with Gasteiger partial charge in [-0.3, -0.25) is 9.48 Å². The zero-order valence-corrected chi connectivity index (χ0v) is 11.0. The number of halogens is 1. The molecule has 1 aromatic carbocycles. The van der Waals surface area contributed by atoms with E-state index in [4.69, 9.17) is 11.6 Å². The lowest BCUT2D eigenvalue weighted by atomic mass is 10.3. The first-order chi connectivity index (χ1) is 9.24. The first kappa shape index (κ1) is 13.5. The van der Waals surface area contributed by atoms with E-state index >= 15 is 0 Å². The molecule has 0 aliphatic rings. The second-order valence-electron chi connectivity index (χ2n) is 3.90. The van der Waals surface area contributed by atoms with Gasteiger partial charge in [0.05, 0.1) is 19.3 Å². The van der Waals surface area contributed by atoms with Crippen LogP contribution in [0, 0.1) is 0 Å². The zero-order valence-electron chi connectivity index (χ0n) is 10.2. The van der Waals surface area contributed by atoms with E-state index in [2.05, 4.69) is 20.9 Å². The molecule has 0 atom stereocenters. The van der Waals surface area contributed by atoms with E-state index < -0.39 is 0 Å². The first-order valence-corrected chi connectivity index (χ1v) is 6.22. The van der Waals surface area contributed by atoms with Gasteiger partial charge in [0, 0.05) is 23.5 Å². The van der Waals surface area contributed by atoms with Crippen LogP contribution in [0.1, 0.15) is 0 Å². The maximum absolute atomic E-state index is 11.6. The van der Waals surface area contributed by atoms with Crippen molar-refractivity contribution >= 4 is 23.2 Å². The van der Waals surface area contributed by atoms with E-state index in [9.17, 15) is 4.79 Å². The fraction of sp³-hybridized carbons (Fsp3) is 0.250. The Kier molecular flexibility index (Phi) is 4.88. The summed E-state index contributed by atoms with van der Waals surface area (Å²) in [5.74, 6) is -0.0964. The molecule has 0 spiro atoms. The van der Waals surface area contributed by atoms with Gasteiger partial charge in [0.1, 0.15) is 0 Å². The van der Waals surface area contributed by atoms with Crippen LogP contribution in [0.15, 0.2) is 36.7 Å². The molecule has 0 saturated carbocycles. The lowest BCUT2D eigenvalue weighted by Gasteiger charge is -2.06. The van der Waals surface area contributed by atoms with Crippen LogP contribution >= 0.6 is 11.6 Å².